The first-order valence-corrected chi connectivity index (χ1v) is 5.58. The average Bonchev–Trinajstić information content (AvgIpc) is 2.68. The smallest absolute Gasteiger partial charge is 0.408 e. The standard InChI is InChI=1S/C13H15NO3/c15-8-4-7-12-11(14-13(16)17-12)9-10-5-2-1-3-6-10/h1-7,11-12,15H,8-9H2,(H,14,16)/b7-4+/t11-,12-/m0/s1. The van der Waals surface area contributed by atoms with Gasteiger partial charge in [0, 0.05) is 0 Å². The molecule has 1 fully saturated rings. The van der Waals surface area contributed by atoms with Gasteiger partial charge in [0.1, 0.15) is 6.10 Å². The zero-order valence-corrected chi connectivity index (χ0v) is 9.37. The van der Waals surface area contributed by atoms with Crippen LogP contribution in [0.1, 0.15) is 5.56 Å². The Morgan fingerprint density at radius 1 is 1.35 bits per heavy atom. The fourth-order valence-corrected chi connectivity index (χ4v) is 1.88. The number of benzene rings is 1. The summed E-state index contributed by atoms with van der Waals surface area (Å²) < 4.78 is 5.10. The second kappa shape index (κ2) is 5.50. The van der Waals surface area contributed by atoms with Gasteiger partial charge in [0.25, 0.3) is 0 Å². The Hall–Kier alpha value is -1.81. The van der Waals surface area contributed by atoms with Gasteiger partial charge in [0.2, 0.25) is 0 Å². The highest BCUT2D eigenvalue weighted by atomic mass is 16.6. The highest BCUT2D eigenvalue weighted by Gasteiger charge is 2.31. The number of ether oxygens (including phenoxy) is 1. The molecular weight excluding hydrogens is 218 g/mol. The number of cyclic esters (lactones) is 1. The Labute approximate surface area is 99.9 Å². The number of nitrogens with one attached hydrogen (secondary N) is 1. The quantitative estimate of drug-likeness (QED) is 0.770. The molecule has 0 spiro atoms. The highest BCUT2D eigenvalue weighted by molar-refractivity contribution is 5.70. The molecule has 1 heterocycles. The van der Waals surface area contributed by atoms with E-state index >= 15 is 0 Å². The van der Waals surface area contributed by atoms with E-state index in [0.29, 0.717) is 6.42 Å². The van der Waals surface area contributed by atoms with E-state index in [9.17, 15) is 4.79 Å². The molecule has 0 radical (unpaired) electrons. The molecule has 2 atom stereocenters. The van der Waals surface area contributed by atoms with E-state index in [1.165, 1.54) is 0 Å². The van der Waals surface area contributed by atoms with Crippen LogP contribution < -0.4 is 5.32 Å². The van der Waals surface area contributed by atoms with Crippen LogP contribution in [0.2, 0.25) is 0 Å². The zero-order valence-electron chi connectivity index (χ0n) is 9.37. The Balaban J connectivity index is 2.03. The van der Waals surface area contributed by atoms with Gasteiger partial charge in [-0.25, -0.2) is 4.79 Å². The molecule has 1 aliphatic rings. The molecule has 0 bridgehead atoms. The molecule has 2 N–H and O–H groups in total. The van der Waals surface area contributed by atoms with Gasteiger partial charge in [-0.3, -0.25) is 0 Å². The minimum absolute atomic E-state index is 0.0495. The molecule has 2 rings (SSSR count). The SMILES string of the molecule is O=C1N[C@@H](Cc2ccccc2)[C@H](/C=C/CO)O1. The number of carbonyl (C=O) groups is 1. The normalized spacial score (nSPS) is 23.7. The van der Waals surface area contributed by atoms with Gasteiger partial charge in [0.05, 0.1) is 12.6 Å². The Morgan fingerprint density at radius 2 is 2.12 bits per heavy atom. The molecule has 0 aromatic heterocycles. The van der Waals surface area contributed by atoms with E-state index in [0.717, 1.165) is 5.56 Å². The fourth-order valence-electron chi connectivity index (χ4n) is 1.88. The van der Waals surface area contributed by atoms with Crippen LogP contribution >= 0.6 is 0 Å². The third-order valence-electron chi connectivity index (χ3n) is 2.67. The van der Waals surface area contributed by atoms with Gasteiger partial charge in [-0.1, -0.05) is 36.4 Å². The monoisotopic (exact) mass is 233 g/mol. The fraction of sp³-hybridized carbons (Fsp3) is 0.308. The zero-order chi connectivity index (χ0) is 12.1. The number of carbonyl (C=O) groups excluding carboxylic acids is 1. The summed E-state index contributed by atoms with van der Waals surface area (Å²) in [4.78, 5) is 11.2. The van der Waals surface area contributed by atoms with Gasteiger partial charge < -0.3 is 15.2 Å². The number of hydrogen-bond donors (Lipinski definition) is 2. The van der Waals surface area contributed by atoms with Crippen LogP contribution in [0.15, 0.2) is 42.5 Å². The van der Waals surface area contributed by atoms with Crippen molar-refractivity contribution in [1.29, 1.82) is 0 Å². The predicted octanol–water partition coefficient (Wildman–Crippen LogP) is 1.25. The second-order valence-electron chi connectivity index (χ2n) is 3.92. The summed E-state index contributed by atoms with van der Waals surface area (Å²) in [6, 6.07) is 9.83. The van der Waals surface area contributed by atoms with E-state index in [-0.39, 0.29) is 18.8 Å². The van der Waals surface area contributed by atoms with Crippen LogP contribution in [0.5, 0.6) is 0 Å². The number of aliphatic hydroxyl groups excluding tert-OH is 1. The average molecular weight is 233 g/mol. The van der Waals surface area contributed by atoms with Crippen LogP contribution in [-0.2, 0) is 11.2 Å². The summed E-state index contributed by atoms with van der Waals surface area (Å²) in [6.45, 7) is -0.0495. The molecule has 0 aliphatic carbocycles. The van der Waals surface area contributed by atoms with Crippen LogP contribution in [-0.4, -0.2) is 30.0 Å². The van der Waals surface area contributed by atoms with Gasteiger partial charge in [0.15, 0.2) is 0 Å². The van der Waals surface area contributed by atoms with E-state index in [1.54, 1.807) is 12.2 Å². The molecule has 1 saturated heterocycles. The lowest BCUT2D eigenvalue weighted by Crippen LogP contribution is -2.32. The van der Waals surface area contributed by atoms with Crippen LogP contribution in [0.3, 0.4) is 0 Å². The highest BCUT2D eigenvalue weighted by Crippen LogP contribution is 2.15. The van der Waals surface area contributed by atoms with E-state index in [4.69, 9.17) is 9.84 Å². The molecule has 1 aromatic rings. The van der Waals surface area contributed by atoms with E-state index in [1.807, 2.05) is 30.3 Å². The molecule has 0 saturated carbocycles. The predicted molar refractivity (Wildman–Crippen MR) is 63.6 cm³/mol. The summed E-state index contributed by atoms with van der Waals surface area (Å²) in [6.07, 6.45) is 3.30. The number of aliphatic hydroxyl groups is 1. The van der Waals surface area contributed by atoms with Crippen molar-refractivity contribution in [2.24, 2.45) is 0 Å². The van der Waals surface area contributed by atoms with Crippen molar-refractivity contribution in [2.75, 3.05) is 6.61 Å². The summed E-state index contributed by atoms with van der Waals surface area (Å²) >= 11 is 0. The number of rotatable bonds is 4. The summed E-state index contributed by atoms with van der Waals surface area (Å²) in [5, 5.41) is 11.5. The van der Waals surface area contributed by atoms with Gasteiger partial charge >= 0.3 is 6.09 Å². The molecular formula is C13H15NO3. The molecule has 1 amide bonds. The van der Waals surface area contributed by atoms with E-state index < -0.39 is 6.09 Å². The molecule has 17 heavy (non-hydrogen) atoms. The van der Waals surface area contributed by atoms with Gasteiger partial charge in [-0.15, -0.1) is 0 Å². The molecule has 90 valence electrons. The van der Waals surface area contributed by atoms with Crippen molar-refractivity contribution in [3.05, 3.63) is 48.0 Å². The maximum absolute atomic E-state index is 11.2. The van der Waals surface area contributed by atoms with Crippen LogP contribution in [0, 0.1) is 0 Å². The first kappa shape index (κ1) is 11.7. The number of alkyl carbamates (subject to hydrolysis) is 1. The molecule has 4 nitrogen and oxygen atoms in total. The molecule has 1 aromatic carbocycles. The molecule has 1 aliphatic heterocycles. The van der Waals surface area contributed by atoms with Gasteiger partial charge in [-0.2, -0.15) is 0 Å². The summed E-state index contributed by atoms with van der Waals surface area (Å²) in [5.41, 5.74) is 1.14. The Bertz CT molecular complexity index is 402. The first-order chi connectivity index (χ1) is 8.29. The van der Waals surface area contributed by atoms with Crippen molar-refractivity contribution < 1.29 is 14.6 Å². The molecule has 4 heteroatoms. The number of hydrogen-bond acceptors (Lipinski definition) is 3. The number of amides is 1. The van der Waals surface area contributed by atoms with E-state index in [2.05, 4.69) is 5.32 Å². The van der Waals surface area contributed by atoms with Crippen LogP contribution in [0.25, 0.3) is 0 Å². The lowest BCUT2D eigenvalue weighted by Gasteiger charge is -2.13. The Morgan fingerprint density at radius 3 is 2.82 bits per heavy atom. The van der Waals surface area contributed by atoms with Crippen molar-refractivity contribution in [3.8, 4) is 0 Å². The first-order valence-electron chi connectivity index (χ1n) is 5.58. The summed E-state index contributed by atoms with van der Waals surface area (Å²) in [7, 11) is 0. The van der Waals surface area contributed by atoms with Crippen molar-refractivity contribution in [3.63, 3.8) is 0 Å². The largest absolute Gasteiger partial charge is 0.440 e. The lowest BCUT2D eigenvalue weighted by molar-refractivity contribution is 0.153. The lowest BCUT2D eigenvalue weighted by atomic mass is 10.0. The third kappa shape index (κ3) is 3.07. The minimum atomic E-state index is -0.404. The van der Waals surface area contributed by atoms with Crippen molar-refractivity contribution >= 4 is 6.09 Å². The summed E-state index contributed by atoms with van der Waals surface area (Å²) in [5.74, 6) is 0. The van der Waals surface area contributed by atoms with Crippen molar-refractivity contribution in [2.45, 2.75) is 18.6 Å². The Kier molecular flexibility index (Phi) is 3.77. The minimum Gasteiger partial charge on any atom is -0.440 e. The third-order valence-corrected chi connectivity index (χ3v) is 2.67. The maximum atomic E-state index is 11.2. The maximum Gasteiger partial charge on any atom is 0.408 e. The topological polar surface area (TPSA) is 58.6 Å². The van der Waals surface area contributed by atoms with Gasteiger partial charge in [-0.05, 0) is 18.1 Å². The molecule has 0 unspecified atom stereocenters. The second-order valence-corrected chi connectivity index (χ2v) is 3.92. The van der Waals surface area contributed by atoms with Crippen LogP contribution in [0.4, 0.5) is 4.79 Å². The van der Waals surface area contributed by atoms with Crippen molar-refractivity contribution in [1.82, 2.24) is 5.32 Å².